The fourth-order valence-electron chi connectivity index (χ4n) is 3.93. The van der Waals surface area contributed by atoms with Crippen molar-refractivity contribution < 1.29 is 9.90 Å². The van der Waals surface area contributed by atoms with Crippen LogP contribution >= 0.6 is 0 Å². The van der Waals surface area contributed by atoms with Crippen molar-refractivity contribution >= 4 is 11.7 Å². The molecule has 0 saturated carbocycles. The fourth-order valence-corrected chi connectivity index (χ4v) is 3.93. The minimum absolute atomic E-state index is 0.157. The van der Waals surface area contributed by atoms with E-state index in [0.29, 0.717) is 11.1 Å². The Labute approximate surface area is 187 Å². The quantitative estimate of drug-likeness (QED) is 0.532. The fraction of sp³-hybridized carbons (Fsp3) is 0.280. The first-order valence-electron chi connectivity index (χ1n) is 10.8. The molecule has 7 nitrogen and oxygen atoms in total. The zero-order valence-electron chi connectivity index (χ0n) is 18.1. The van der Waals surface area contributed by atoms with Gasteiger partial charge in [0.15, 0.2) is 0 Å². The molecular weight excluding hydrogens is 404 g/mol. The van der Waals surface area contributed by atoms with Crippen molar-refractivity contribution in [1.82, 2.24) is 15.2 Å². The van der Waals surface area contributed by atoms with E-state index in [0.717, 1.165) is 37.4 Å². The minimum Gasteiger partial charge on any atom is -0.480 e. The lowest BCUT2D eigenvalue weighted by atomic mass is 10.1. The van der Waals surface area contributed by atoms with E-state index in [2.05, 4.69) is 39.3 Å². The number of piperazine rings is 1. The Morgan fingerprint density at radius 3 is 2.31 bits per heavy atom. The first kappa shape index (κ1) is 21.8. The molecule has 166 valence electrons. The Bertz CT molecular complexity index is 1100. The summed E-state index contributed by atoms with van der Waals surface area (Å²) in [7, 11) is 2.14. The van der Waals surface area contributed by atoms with Gasteiger partial charge in [0.2, 0.25) is 0 Å². The summed E-state index contributed by atoms with van der Waals surface area (Å²) in [6.45, 7) is 4.28. The molecule has 1 fully saturated rings. The Morgan fingerprint density at radius 1 is 1.00 bits per heavy atom. The van der Waals surface area contributed by atoms with Crippen LogP contribution < -0.4 is 15.8 Å². The molecule has 0 spiro atoms. The molecule has 0 amide bonds. The summed E-state index contributed by atoms with van der Waals surface area (Å²) >= 11 is 0. The molecule has 1 aromatic heterocycles. The van der Waals surface area contributed by atoms with Gasteiger partial charge in [0, 0.05) is 49.7 Å². The number of carboxylic acids is 1. The lowest BCUT2D eigenvalue weighted by molar-refractivity contribution is -0.139. The Balaban J connectivity index is 1.44. The summed E-state index contributed by atoms with van der Waals surface area (Å²) in [5, 5.41) is 12.5. The van der Waals surface area contributed by atoms with E-state index in [-0.39, 0.29) is 12.1 Å². The van der Waals surface area contributed by atoms with Crippen molar-refractivity contribution in [3.63, 3.8) is 0 Å². The predicted octanol–water partition coefficient (Wildman–Crippen LogP) is 2.71. The lowest BCUT2D eigenvalue weighted by Gasteiger charge is -2.34. The molecule has 4 rings (SSSR count). The molecule has 2 heterocycles. The molecule has 2 aromatic carbocycles. The van der Waals surface area contributed by atoms with Gasteiger partial charge in [-0.2, -0.15) is 0 Å². The number of aromatic nitrogens is 1. The van der Waals surface area contributed by atoms with Crippen LogP contribution in [-0.2, 0) is 11.3 Å². The predicted molar refractivity (Wildman–Crippen MR) is 126 cm³/mol. The van der Waals surface area contributed by atoms with Crippen molar-refractivity contribution in [1.29, 1.82) is 0 Å². The third-order valence-electron chi connectivity index (χ3n) is 5.91. The maximum atomic E-state index is 12.6. The van der Waals surface area contributed by atoms with Crippen molar-refractivity contribution in [2.45, 2.75) is 12.6 Å². The average Bonchev–Trinajstić information content (AvgIpc) is 2.81. The maximum absolute atomic E-state index is 12.6. The number of rotatable bonds is 7. The highest BCUT2D eigenvalue weighted by Crippen LogP contribution is 2.22. The van der Waals surface area contributed by atoms with Crippen LogP contribution in [0.4, 0.5) is 5.69 Å². The van der Waals surface area contributed by atoms with E-state index in [1.807, 2.05) is 24.3 Å². The zero-order chi connectivity index (χ0) is 22.5. The number of hydrogen-bond acceptors (Lipinski definition) is 5. The van der Waals surface area contributed by atoms with Crippen molar-refractivity contribution in [2.75, 3.05) is 38.1 Å². The van der Waals surface area contributed by atoms with Gasteiger partial charge in [-0.1, -0.05) is 48.5 Å². The molecule has 32 heavy (non-hydrogen) atoms. The molecular formula is C25H28N4O3. The van der Waals surface area contributed by atoms with Crippen molar-refractivity contribution in [3.8, 4) is 11.3 Å². The minimum atomic E-state index is -0.982. The van der Waals surface area contributed by atoms with Gasteiger partial charge < -0.3 is 19.9 Å². The number of hydrogen-bond donors (Lipinski definition) is 3. The molecule has 1 aliphatic heterocycles. The second-order valence-electron chi connectivity index (χ2n) is 8.13. The largest absolute Gasteiger partial charge is 0.480 e. The SMILES string of the molecule is CN1CCN(c2ccc(-c3ccc(CN[C@@H](C(=O)O)c4ccccc4)c(=O)[nH]3)cc2)CC1. The van der Waals surface area contributed by atoms with Crippen LogP contribution in [0.2, 0.25) is 0 Å². The summed E-state index contributed by atoms with van der Waals surface area (Å²) in [5.74, 6) is -0.982. The summed E-state index contributed by atoms with van der Waals surface area (Å²) in [6.07, 6.45) is 0. The third-order valence-corrected chi connectivity index (χ3v) is 5.91. The zero-order valence-corrected chi connectivity index (χ0v) is 18.1. The molecule has 1 saturated heterocycles. The monoisotopic (exact) mass is 432 g/mol. The van der Waals surface area contributed by atoms with Crippen LogP contribution in [-0.4, -0.2) is 54.2 Å². The van der Waals surface area contributed by atoms with Gasteiger partial charge in [-0.3, -0.25) is 14.9 Å². The molecule has 0 unspecified atom stereocenters. The van der Waals surface area contributed by atoms with E-state index in [4.69, 9.17) is 0 Å². The van der Waals surface area contributed by atoms with E-state index in [1.165, 1.54) is 5.69 Å². The summed E-state index contributed by atoms with van der Waals surface area (Å²) < 4.78 is 0. The highest BCUT2D eigenvalue weighted by Gasteiger charge is 2.19. The highest BCUT2D eigenvalue weighted by molar-refractivity contribution is 5.75. The first-order chi connectivity index (χ1) is 15.5. The second kappa shape index (κ2) is 9.80. The number of carbonyl (C=O) groups is 1. The van der Waals surface area contributed by atoms with E-state index in [1.54, 1.807) is 30.3 Å². The van der Waals surface area contributed by atoms with Crippen LogP contribution in [0.5, 0.6) is 0 Å². The first-order valence-corrected chi connectivity index (χ1v) is 10.8. The smallest absolute Gasteiger partial charge is 0.325 e. The van der Waals surface area contributed by atoms with E-state index >= 15 is 0 Å². The molecule has 0 aliphatic carbocycles. The van der Waals surface area contributed by atoms with Gasteiger partial charge in [-0.25, -0.2) is 0 Å². The maximum Gasteiger partial charge on any atom is 0.325 e. The molecule has 1 aliphatic rings. The third kappa shape index (κ3) is 5.07. The molecule has 1 atom stereocenters. The van der Waals surface area contributed by atoms with Crippen LogP contribution in [0.1, 0.15) is 17.2 Å². The average molecular weight is 433 g/mol. The number of anilines is 1. The van der Waals surface area contributed by atoms with E-state index in [9.17, 15) is 14.7 Å². The number of H-pyrrole nitrogens is 1. The number of benzene rings is 2. The normalized spacial score (nSPS) is 15.5. The Kier molecular flexibility index (Phi) is 6.68. The van der Waals surface area contributed by atoms with Gasteiger partial charge in [0.25, 0.3) is 5.56 Å². The van der Waals surface area contributed by atoms with Crippen LogP contribution in [0.3, 0.4) is 0 Å². The standard InChI is InChI=1S/C25H28N4O3/c1-28-13-15-29(16-14-28)21-10-7-18(8-11-21)22-12-9-20(24(30)27-22)17-26-23(25(31)32)19-5-3-2-4-6-19/h2-12,23,26H,13-17H2,1H3,(H,27,30)(H,31,32)/t23-/m1/s1. The number of likely N-dealkylation sites (N-methyl/N-ethyl adjacent to an activating group) is 1. The van der Waals surface area contributed by atoms with Gasteiger partial charge in [0.05, 0.1) is 0 Å². The molecule has 0 radical (unpaired) electrons. The van der Waals surface area contributed by atoms with Crippen LogP contribution in [0.15, 0.2) is 71.5 Å². The number of nitrogens with one attached hydrogen (secondary N) is 2. The molecule has 3 aromatic rings. The van der Waals surface area contributed by atoms with Gasteiger partial charge >= 0.3 is 5.97 Å². The summed E-state index contributed by atoms with van der Waals surface area (Å²) in [5.41, 5.74) is 3.77. The Hall–Kier alpha value is -3.42. The number of aliphatic carboxylic acids is 1. The summed E-state index contributed by atoms with van der Waals surface area (Å²) in [4.78, 5) is 31.9. The second-order valence-corrected chi connectivity index (χ2v) is 8.13. The number of nitrogens with zero attached hydrogens (tertiary/aromatic N) is 2. The Morgan fingerprint density at radius 2 is 1.69 bits per heavy atom. The topological polar surface area (TPSA) is 88.7 Å². The summed E-state index contributed by atoms with van der Waals surface area (Å²) in [6, 6.07) is 19.9. The molecule has 0 bridgehead atoms. The number of pyridine rings is 1. The van der Waals surface area contributed by atoms with E-state index < -0.39 is 12.0 Å². The highest BCUT2D eigenvalue weighted by atomic mass is 16.4. The van der Waals surface area contributed by atoms with Crippen LogP contribution in [0.25, 0.3) is 11.3 Å². The molecule has 3 N–H and O–H groups in total. The van der Waals surface area contributed by atoms with Crippen LogP contribution in [0, 0.1) is 0 Å². The van der Waals surface area contributed by atoms with Crippen molar-refractivity contribution in [2.24, 2.45) is 0 Å². The van der Waals surface area contributed by atoms with Gasteiger partial charge in [0.1, 0.15) is 6.04 Å². The van der Waals surface area contributed by atoms with Gasteiger partial charge in [-0.05, 0) is 36.4 Å². The number of aromatic amines is 1. The van der Waals surface area contributed by atoms with Crippen molar-refractivity contribution in [3.05, 3.63) is 88.2 Å². The van der Waals surface area contributed by atoms with Gasteiger partial charge in [-0.15, -0.1) is 0 Å². The number of carboxylic acid groups (broad SMARTS) is 1. The molecule has 7 heteroatoms. The lowest BCUT2D eigenvalue weighted by Crippen LogP contribution is -2.44.